The molecular weight excluding hydrogens is 124 g/mol. The molecule has 0 unspecified atom stereocenters. The molecule has 0 atom stereocenters. The summed E-state index contributed by atoms with van der Waals surface area (Å²) in [5, 5.41) is 0. The highest BCUT2D eigenvalue weighted by Gasteiger charge is 1.81. The second-order valence-corrected chi connectivity index (χ2v) is 1.45. The number of allylic oxidation sites excluding steroid dienone is 3. The lowest BCUT2D eigenvalue weighted by atomic mass is 10.3. The smallest absolute Gasteiger partial charge is 0.179 e. The van der Waals surface area contributed by atoms with Gasteiger partial charge in [-0.3, -0.25) is 4.79 Å². The molecule has 0 aromatic rings. The minimum absolute atomic E-state index is 0.0810. The van der Waals surface area contributed by atoms with Gasteiger partial charge in [-0.25, -0.2) is 0 Å². The van der Waals surface area contributed by atoms with Gasteiger partial charge in [-0.1, -0.05) is 17.7 Å². The molecule has 2 heteroatoms. The number of rotatable bonds is 2. The Morgan fingerprint density at radius 3 is 2.50 bits per heavy atom. The van der Waals surface area contributed by atoms with Crippen LogP contribution in [0.4, 0.5) is 0 Å². The number of carbonyl (C=O) groups excluding carboxylic acids is 1. The Labute approximate surface area is 53.6 Å². The third kappa shape index (κ3) is 3.62. The van der Waals surface area contributed by atoms with E-state index < -0.39 is 0 Å². The summed E-state index contributed by atoms with van der Waals surface area (Å²) in [7, 11) is 0. The molecule has 0 heterocycles. The van der Waals surface area contributed by atoms with E-state index in [-0.39, 0.29) is 5.78 Å². The lowest BCUT2D eigenvalue weighted by molar-refractivity contribution is -0.110. The summed E-state index contributed by atoms with van der Waals surface area (Å²) in [5.74, 6) is -0.0810. The summed E-state index contributed by atoms with van der Waals surface area (Å²) in [6.45, 7) is 1.78. The number of carbonyl (C=O) groups is 1. The highest BCUT2D eigenvalue weighted by atomic mass is 35.5. The molecule has 0 amide bonds. The lowest BCUT2D eigenvalue weighted by Crippen LogP contribution is -1.81. The molecule has 8 heavy (non-hydrogen) atoms. The molecule has 0 radical (unpaired) electrons. The van der Waals surface area contributed by atoms with Crippen LogP contribution in [-0.2, 0) is 4.79 Å². The average molecular weight is 131 g/mol. The van der Waals surface area contributed by atoms with Gasteiger partial charge in [0, 0.05) is 5.54 Å². The zero-order chi connectivity index (χ0) is 6.41. The summed E-state index contributed by atoms with van der Waals surface area (Å²) >= 11 is 5.10. The molecule has 1 nitrogen and oxygen atoms in total. The van der Waals surface area contributed by atoms with Crippen molar-refractivity contribution >= 4 is 17.4 Å². The van der Waals surface area contributed by atoms with Gasteiger partial charge in [-0.05, 0) is 19.1 Å². The molecule has 0 rings (SSSR count). The summed E-state index contributed by atoms with van der Waals surface area (Å²) in [6.07, 6.45) is 4.40. The summed E-state index contributed by atoms with van der Waals surface area (Å²) in [5.41, 5.74) is 1.20. The van der Waals surface area contributed by atoms with Gasteiger partial charge < -0.3 is 0 Å². The van der Waals surface area contributed by atoms with Crippen molar-refractivity contribution in [3.8, 4) is 0 Å². The van der Waals surface area contributed by atoms with Gasteiger partial charge in [0.25, 0.3) is 0 Å². The SMILES string of the molecule is CC=CC(=O)C=CCl. The van der Waals surface area contributed by atoms with Crippen molar-refractivity contribution in [2.24, 2.45) is 0 Å². The normalized spacial score (nSPS) is 11.2. The lowest BCUT2D eigenvalue weighted by Gasteiger charge is -1.74. The topological polar surface area (TPSA) is 17.1 Å². The monoisotopic (exact) mass is 130 g/mol. The molecule has 0 aromatic carbocycles. The van der Waals surface area contributed by atoms with Crippen LogP contribution < -0.4 is 0 Å². The van der Waals surface area contributed by atoms with Gasteiger partial charge in [0.1, 0.15) is 0 Å². The summed E-state index contributed by atoms with van der Waals surface area (Å²) in [4.78, 5) is 10.4. The summed E-state index contributed by atoms with van der Waals surface area (Å²) in [6, 6.07) is 0. The van der Waals surface area contributed by atoms with E-state index in [9.17, 15) is 4.79 Å². The fraction of sp³-hybridized carbons (Fsp3) is 0.167. The minimum atomic E-state index is -0.0810. The maximum atomic E-state index is 10.4. The Bertz CT molecular complexity index is 110. The summed E-state index contributed by atoms with van der Waals surface area (Å²) < 4.78 is 0. The first-order valence-corrected chi connectivity index (χ1v) is 2.68. The molecule has 0 saturated heterocycles. The number of halogens is 1. The minimum Gasteiger partial charge on any atom is -0.290 e. The van der Waals surface area contributed by atoms with Gasteiger partial charge in [0.15, 0.2) is 5.78 Å². The van der Waals surface area contributed by atoms with E-state index in [4.69, 9.17) is 11.6 Å². The van der Waals surface area contributed by atoms with Gasteiger partial charge in [-0.15, -0.1) is 0 Å². The van der Waals surface area contributed by atoms with Crippen LogP contribution in [0.25, 0.3) is 0 Å². The van der Waals surface area contributed by atoms with E-state index in [1.54, 1.807) is 13.0 Å². The van der Waals surface area contributed by atoms with Gasteiger partial charge in [0.05, 0.1) is 0 Å². The zero-order valence-corrected chi connectivity index (χ0v) is 5.35. The van der Waals surface area contributed by atoms with E-state index in [0.29, 0.717) is 0 Å². The average Bonchev–Trinajstić information content (AvgIpc) is 1.68. The molecule has 0 aromatic heterocycles. The van der Waals surface area contributed by atoms with Crippen molar-refractivity contribution in [1.82, 2.24) is 0 Å². The standard InChI is InChI=1S/C6H7ClO/c1-2-3-6(8)4-5-7/h2-5H,1H3. The van der Waals surface area contributed by atoms with Crippen molar-refractivity contribution in [3.63, 3.8) is 0 Å². The van der Waals surface area contributed by atoms with E-state index in [2.05, 4.69) is 0 Å². The fourth-order valence-electron chi connectivity index (χ4n) is 0.282. The van der Waals surface area contributed by atoms with Crippen LogP contribution in [0.3, 0.4) is 0 Å². The van der Waals surface area contributed by atoms with E-state index in [1.165, 1.54) is 17.7 Å². The van der Waals surface area contributed by atoms with Crippen LogP contribution in [0.5, 0.6) is 0 Å². The molecular formula is C6H7ClO. The molecule has 0 aliphatic rings. The molecule has 0 aliphatic heterocycles. The van der Waals surface area contributed by atoms with Crippen LogP contribution in [0.1, 0.15) is 6.92 Å². The molecule has 44 valence electrons. The molecule has 0 aliphatic carbocycles. The number of ketones is 1. The first-order chi connectivity index (χ1) is 3.81. The quantitative estimate of drug-likeness (QED) is 0.522. The van der Waals surface area contributed by atoms with Crippen molar-refractivity contribution in [2.45, 2.75) is 6.92 Å². The highest BCUT2D eigenvalue weighted by molar-refractivity contribution is 6.27. The second-order valence-electron chi connectivity index (χ2n) is 1.20. The van der Waals surface area contributed by atoms with Crippen LogP contribution in [0.2, 0.25) is 0 Å². The van der Waals surface area contributed by atoms with Gasteiger partial charge >= 0.3 is 0 Å². The fourth-order valence-corrected chi connectivity index (χ4v) is 0.406. The number of hydrogen-bond donors (Lipinski definition) is 0. The molecule has 0 fully saturated rings. The van der Waals surface area contributed by atoms with E-state index in [0.717, 1.165) is 0 Å². The van der Waals surface area contributed by atoms with Crippen LogP contribution in [0.15, 0.2) is 23.8 Å². The highest BCUT2D eigenvalue weighted by Crippen LogP contribution is 1.82. The Morgan fingerprint density at radius 1 is 1.50 bits per heavy atom. The third-order valence-electron chi connectivity index (χ3n) is 0.558. The molecule has 0 N–H and O–H groups in total. The first kappa shape index (κ1) is 7.44. The number of hydrogen-bond acceptors (Lipinski definition) is 1. The predicted molar refractivity (Wildman–Crippen MR) is 34.8 cm³/mol. The largest absolute Gasteiger partial charge is 0.290 e. The van der Waals surface area contributed by atoms with Gasteiger partial charge in [-0.2, -0.15) is 0 Å². The van der Waals surface area contributed by atoms with Crippen molar-refractivity contribution in [3.05, 3.63) is 23.8 Å². The van der Waals surface area contributed by atoms with Gasteiger partial charge in [0.2, 0.25) is 0 Å². The van der Waals surface area contributed by atoms with Crippen LogP contribution in [-0.4, -0.2) is 5.78 Å². The Balaban J connectivity index is 3.66. The van der Waals surface area contributed by atoms with E-state index in [1.807, 2.05) is 0 Å². The molecule has 0 bridgehead atoms. The maximum Gasteiger partial charge on any atom is 0.179 e. The van der Waals surface area contributed by atoms with Crippen molar-refractivity contribution in [1.29, 1.82) is 0 Å². The Morgan fingerprint density at radius 2 is 2.12 bits per heavy atom. The Kier molecular flexibility index (Phi) is 4.27. The maximum absolute atomic E-state index is 10.4. The third-order valence-corrected chi connectivity index (χ3v) is 0.684. The van der Waals surface area contributed by atoms with Crippen molar-refractivity contribution < 1.29 is 4.79 Å². The molecule has 0 spiro atoms. The molecule has 0 saturated carbocycles. The first-order valence-electron chi connectivity index (χ1n) is 2.24. The zero-order valence-electron chi connectivity index (χ0n) is 4.60. The van der Waals surface area contributed by atoms with E-state index >= 15 is 0 Å². The van der Waals surface area contributed by atoms with Crippen LogP contribution in [0, 0.1) is 0 Å². The Hall–Kier alpha value is -0.560. The predicted octanol–water partition coefficient (Wildman–Crippen LogP) is 1.88. The van der Waals surface area contributed by atoms with Crippen LogP contribution >= 0.6 is 11.6 Å². The van der Waals surface area contributed by atoms with Crippen molar-refractivity contribution in [2.75, 3.05) is 0 Å². The second kappa shape index (κ2) is 4.60.